The molecule has 0 bridgehead atoms. The Kier molecular flexibility index (Phi) is 7.21. The lowest BCUT2D eigenvalue weighted by Gasteiger charge is -2.39. The number of nitrogens with one attached hydrogen (secondary N) is 1. The molecule has 2 heteroatoms. The summed E-state index contributed by atoms with van der Waals surface area (Å²) in [4.78, 5) is 0. The first kappa shape index (κ1) is 16.2. The van der Waals surface area contributed by atoms with E-state index in [-0.39, 0.29) is 11.5 Å². The van der Waals surface area contributed by atoms with Crippen molar-refractivity contribution in [1.29, 1.82) is 0 Å². The van der Waals surface area contributed by atoms with Crippen LogP contribution in [-0.4, -0.2) is 18.3 Å². The van der Waals surface area contributed by atoms with Crippen molar-refractivity contribution in [2.75, 3.05) is 7.05 Å². The summed E-state index contributed by atoms with van der Waals surface area (Å²) in [5.41, 5.74) is 0.967. The highest BCUT2D eigenvalue weighted by Crippen LogP contribution is 2.41. The second-order valence-corrected chi connectivity index (χ2v) is 4.97. The van der Waals surface area contributed by atoms with Crippen LogP contribution in [0.2, 0.25) is 0 Å². The molecule has 0 aromatic carbocycles. The van der Waals surface area contributed by atoms with Crippen molar-refractivity contribution in [2.45, 2.75) is 53.6 Å². The first-order valence-electron chi connectivity index (χ1n) is 6.67. The normalized spacial score (nSPS) is 20.1. The third-order valence-corrected chi connectivity index (χ3v) is 3.96. The predicted octanol–water partition coefficient (Wildman–Crippen LogP) is 3.49. The second-order valence-electron chi connectivity index (χ2n) is 4.97. The predicted molar refractivity (Wildman–Crippen MR) is 75.8 cm³/mol. The number of hydrogen-bond donors (Lipinski definition) is 2. The molecule has 0 aliphatic rings. The van der Waals surface area contributed by atoms with Crippen molar-refractivity contribution in [3.05, 3.63) is 23.9 Å². The van der Waals surface area contributed by atoms with Crippen LogP contribution in [0.3, 0.4) is 0 Å². The third kappa shape index (κ3) is 3.88. The molecule has 2 N–H and O–H groups in total. The highest BCUT2D eigenvalue weighted by molar-refractivity contribution is 5.28. The lowest BCUT2D eigenvalue weighted by Crippen LogP contribution is -2.38. The summed E-state index contributed by atoms with van der Waals surface area (Å²) in [5.74, 6) is 0.434. The maximum atomic E-state index is 10.2. The first-order valence-corrected chi connectivity index (χ1v) is 6.67. The lowest BCUT2D eigenvalue weighted by molar-refractivity contribution is 0.0403. The fourth-order valence-electron chi connectivity index (χ4n) is 2.15. The van der Waals surface area contributed by atoms with E-state index in [2.05, 4.69) is 45.2 Å². The minimum atomic E-state index is -0.362. The van der Waals surface area contributed by atoms with Crippen molar-refractivity contribution < 1.29 is 5.11 Å². The first-order chi connectivity index (χ1) is 7.94. The Bertz CT molecular complexity index is 268. The summed E-state index contributed by atoms with van der Waals surface area (Å²) in [5, 5.41) is 13.3. The van der Waals surface area contributed by atoms with Gasteiger partial charge in [-0.1, -0.05) is 46.3 Å². The summed E-state index contributed by atoms with van der Waals surface area (Å²) in [6.45, 7) is 10.5. The van der Waals surface area contributed by atoms with Gasteiger partial charge in [0.2, 0.25) is 0 Å². The highest BCUT2D eigenvalue weighted by Gasteiger charge is 2.37. The zero-order valence-electron chi connectivity index (χ0n) is 12.2. The van der Waals surface area contributed by atoms with Crippen LogP contribution in [0, 0.1) is 11.3 Å². The maximum absolute atomic E-state index is 10.2. The zero-order chi connectivity index (χ0) is 13.5. The van der Waals surface area contributed by atoms with Gasteiger partial charge in [0.25, 0.3) is 0 Å². The van der Waals surface area contributed by atoms with Gasteiger partial charge >= 0.3 is 0 Å². The molecule has 0 radical (unpaired) electrons. The summed E-state index contributed by atoms with van der Waals surface area (Å²) < 4.78 is 0. The number of allylic oxidation sites excluding steroid dienone is 2. The Labute approximate surface area is 107 Å². The van der Waals surface area contributed by atoms with Gasteiger partial charge < -0.3 is 10.4 Å². The highest BCUT2D eigenvalue weighted by atomic mass is 16.3. The molecule has 0 saturated carbocycles. The number of aliphatic hydroxyl groups excluding tert-OH is 1. The minimum absolute atomic E-state index is 0.205. The molecule has 3 atom stereocenters. The van der Waals surface area contributed by atoms with Crippen molar-refractivity contribution in [2.24, 2.45) is 11.3 Å². The molecule has 0 rings (SSSR count). The van der Waals surface area contributed by atoms with Crippen molar-refractivity contribution in [1.82, 2.24) is 5.32 Å². The van der Waals surface area contributed by atoms with Gasteiger partial charge in [-0.25, -0.2) is 0 Å². The molecular formula is C15H29NO. The van der Waals surface area contributed by atoms with Gasteiger partial charge in [0.05, 0.1) is 6.10 Å². The Morgan fingerprint density at radius 1 is 1.35 bits per heavy atom. The van der Waals surface area contributed by atoms with Crippen molar-refractivity contribution in [3.8, 4) is 0 Å². The Hall–Kier alpha value is -0.760. The van der Waals surface area contributed by atoms with Crippen molar-refractivity contribution in [3.63, 3.8) is 0 Å². The van der Waals surface area contributed by atoms with Crippen LogP contribution >= 0.6 is 0 Å². The Morgan fingerprint density at radius 2 is 1.94 bits per heavy atom. The van der Waals surface area contributed by atoms with Crippen LogP contribution in [0.1, 0.15) is 47.5 Å². The lowest BCUT2D eigenvalue weighted by atomic mass is 9.67. The van der Waals surface area contributed by atoms with Gasteiger partial charge in [0.15, 0.2) is 0 Å². The second kappa shape index (κ2) is 7.54. The fourth-order valence-corrected chi connectivity index (χ4v) is 2.15. The van der Waals surface area contributed by atoms with Crippen LogP contribution in [0.15, 0.2) is 23.9 Å². The monoisotopic (exact) mass is 239 g/mol. The van der Waals surface area contributed by atoms with Crippen LogP contribution in [0.25, 0.3) is 0 Å². The zero-order valence-corrected chi connectivity index (χ0v) is 12.2. The van der Waals surface area contributed by atoms with Crippen LogP contribution in [0.4, 0.5) is 0 Å². The molecule has 0 aliphatic carbocycles. The van der Waals surface area contributed by atoms with E-state index in [1.54, 1.807) is 0 Å². The van der Waals surface area contributed by atoms with E-state index in [0.29, 0.717) is 5.92 Å². The van der Waals surface area contributed by atoms with Gasteiger partial charge in [0.1, 0.15) is 0 Å². The fraction of sp³-hybridized carbons (Fsp3) is 0.733. The molecule has 0 saturated heterocycles. The topological polar surface area (TPSA) is 32.3 Å². The van der Waals surface area contributed by atoms with Gasteiger partial charge in [-0.3, -0.25) is 0 Å². The van der Waals surface area contributed by atoms with Gasteiger partial charge in [0, 0.05) is 18.7 Å². The maximum Gasteiger partial charge on any atom is 0.0609 e. The molecule has 0 spiro atoms. The van der Waals surface area contributed by atoms with Gasteiger partial charge in [-0.2, -0.15) is 0 Å². The number of hydrogen-bond acceptors (Lipinski definition) is 2. The molecular weight excluding hydrogens is 210 g/mol. The van der Waals surface area contributed by atoms with Crippen molar-refractivity contribution >= 4 is 0 Å². The molecule has 0 amide bonds. The number of aliphatic hydroxyl groups is 1. The number of rotatable bonds is 7. The minimum Gasteiger partial charge on any atom is -0.394 e. The largest absolute Gasteiger partial charge is 0.394 e. The Morgan fingerprint density at radius 3 is 2.29 bits per heavy atom. The quantitative estimate of drug-likeness (QED) is 0.667. The molecule has 1 unspecified atom stereocenters. The smallest absolute Gasteiger partial charge is 0.0609 e. The molecule has 100 valence electrons. The Balaban J connectivity index is 5.38. The molecule has 0 aliphatic heterocycles. The van der Waals surface area contributed by atoms with E-state index in [9.17, 15) is 5.11 Å². The summed E-state index contributed by atoms with van der Waals surface area (Å²) in [6, 6.07) is 0. The molecule has 0 aromatic heterocycles. The van der Waals surface area contributed by atoms with E-state index in [4.69, 9.17) is 0 Å². The van der Waals surface area contributed by atoms with Crippen LogP contribution in [-0.2, 0) is 0 Å². The molecule has 17 heavy (non-hydrogen) atoms. The van der Waals surface area contributed by atoms with E-state index in [1.165, 1.54) is 5.57 Å². The summed E-state index contributed by atoms with van der Waals surface area (Å²) >= 11 is 0. The van der Waals surface area contributed by atoms with E-state index >= 15 is 0 Å². The van der Waals surface area contributed by atoms with Crippen LogP contribution in [0.5, 0.6) is 0 Å². The van der Waals surface area contributed by atoms with Gasteiger partial charge in [-0.15, -0.1) is 0 Å². The third-order valence-electron chi connectivity index (χ3n) is 3.96. The molecule has 0 fully saturated rings. The SMILES string of the molecule is CC/C=C\C(=C\NC)[C@](C)(C(C)O)[C@H](C)CC. The summed E-state index contributed by atoms with van der Waals surface area (Å²) in [6.07, 6.45) is 7.99. The average Bonchev–Trinajstić information content (AvgIpc) is 2.32. The van der Waals surface area contributed by atoms with Crippen LogP contribution < -0.4 is 5.32 Å². The standard InChI is InChI=1S/C15H29NO/c1-7-9-10-14(11-16-6)15(5,13(4)17)12(3)8-2/h9-13,16-17H,7-8H2,1-6H3/b10-9-,14-11-/t12-,13?,15+/m1/s1. The average molecular weight is 239 g/mol. The van der Waals surface area contributed by atoms with E-state index in [0.717, 1.165) is 12.8 Å². The molecule has 2 nitrogen and oxygen atoms in total. The van der Waals surface area contributed by atoms with E-state index in [1.807, 2.05) is 20.2 Å². The molecule has 0 heterocycles. The van der Waals surface area contributed by atoms with E-state index < -0.39 is 0 Å². The summed E-state index contributed by atoms with van der Waals surface area (Å²) in [7, 11) is 1.90. The van der Waals surface area contributed by atoms with Gasteiger partial charge in [-0.05, 0) is 24.8 Å². The molecule has 0 aromatic rings.